The van der Waals surface area contributed by atoms with Gasteiger partial charge in [-0.1, -0.05) is 25.7 Å². The molecule has 206 valence electrons. The van der Waals surface area contributed by atoms with E-state index in [0.717, 1.165) is 5.70 Å². The summed E-state index contributed by atoms with van der Waals surface area (Å²) in [4.78, 5) is 24.9. The van der Waals surface area contributed by atoms with Crippen LogP contribution < -0.4 is 14.4 Å². The molecule has 7 nitrogen and oxygen atoms in total. The Kier molecular flexibility index (Phi) is 10.9. The highest BCUT2D eigenvalue weighted by molar-refractivity contribution is 5.99. The van der Waals surface area contributed by atoms with Gasteiger partial charge in [0.15, 0.2) is 5.82 Å². The van der Waals surface area contributed by atoms with E-state index in [1.165, 1.54) is 18.2 Å². The zero-order valence-corrected chi connectivity index (χ0v) is 22.3. The first kappa shape index (κ1) is 30.4. The average molecular weight is 537 g/mol. The van der Waals surface area contributed by atoms with Crippen LogP contribution in [0.2, 0.25) is 0 Å². The Labute approximate surface area is 220 Å². The van der Waals surface area contributed by atoms with Gasteiger partial charge in [-0.2, -0.15) is 13.2 Å². The van der Waals surface area contributed by atoms with Gasteiger partial charge in [0.25, 0.3) is 5.91 Å². The lowest BCUT2D eigenvalue weighted by Gasteiger charge is -2.30. The van der Waals surface area contributed by atoms with Gasteiger partial charge < -0.3 is 19.3 Å². The van der Waals surface area contributed by atoms with Crippen molar-refractivity contribution >= 4 is 11.7 Å². The number of carbonyl (C=O) groups is 1. The number of hydrogen-bond acceptors (Lipinski definition) is 6. The van der Waals surface area contributed by atoms with E-state index in [1.54, 1.807) is 37.9 Å². The lowest BCUT2D eigenvalue weighted by atomic mass is 10.1. The van der Waals surface area contributed by atoms with Crippen LogP contribution >= 0.6 is 0 Å². The molecule has 1 amide bonds. The minimum atomic E-state index is -4.73. The molecule has 2 heterocycles. The molecule has 1 unspecified atom stereocenters. The maximum absolute atomic E-state index is 14.2. The molecule has 1 atom stereocenters. The lowest BCUT2D eigenvalue weighted by Crippen LogP contribution is -2.42. The second-order valence-electron chi connectivity index (χ2n) is 8.23. The standard InChI is InChI=1S/C27H32F4N4O3/c1-7-10-11-12-20(8-2)34(5)24-22(14-21(37-6)16-32-24)26(36)35(9-3)18(4)17-38-25-23(28)13-19(15-33-25)27(29,30)31/h12-16,18H,7-9,17H2,1-6H3/b20-12-. The number of likely N-dealkylation sites (N-methyl/N-ethyl adjacent to an activating group) is 1. The minimum Gasteiger partial charge on any atom is -0.495 e. The Morgan fingerprint density at radius 3 is 2.45 bits per heavy atom. The molecule has 2 rings (SSSR count). The third kappa shape index (κ3) is 7.60. The van der Waals surface area contributed by atoms with Crippen LogP contribution in [0.5, 0.6) is 11.6 Å². The Morgan fingerprint density at radius 2 is 1.89 bits per heavy atom. The minimum absolute atomic E-state index is 0.204. The molecule has 0 radical (unpaired) electrons. The van der Waals surface area contributed by atoms with Crippen LogP contribution in [0.4, 0.5) is 23.4 Å². The van der Waals surface area contributed by atoms with Crippen LogP contribution in [0, 0.1) is 17.7 Å². The summed E-state index contributed by atoms with van der Waals surface area (Å²) in [7, 11) is 3.25. The van der Waals surface area contributed by atoms with Crippen molar-refractivity contribution in [3.05, 3.63) is 53.2 Å². The van der Waals surface area contributed by atoms with Crippen LogP contribution in [0.3, 0.4) is 0 Å². The number of anilines is 1. The number of carbonyl (C=O) groups excluding carboxylic acids is 1. The van der Waals surface area contributed by atoms with Crippen molar-refractivity contribution in [1.29, 1.82) is 0 Å². The summed E-state index contributed by atoms with van der Waals surface area (Å²) in [6.07, 6.45) is 0.414. The van der Waals surface area contributed by atoms with Crippen molar-refractivity contribution in [2.24, 2.45) is 0 Å². The van der Waals surface area contributed by atoms with E-state index in [0.29, 0.717) is 36.7 Å². The third-order valence-corrected chi connectivity index (χ3v) is 5.67. The maximum atomic E-state index is 14.2. The van der Waals surface area contributed by atoms with Gasteiger partial charge in [0, 0.05) is 38.0 Å². The number of allylic oxidation sites excluding steroid dienone is 2. The van der Waals surface area contributed by atoms with Crippen molar-refractivity contribution in [3.63, 3.8) is 0 Å². The van der Waals surface area contributed by atoms with Crippen LogP contribution in [-0.2, 0) is 6.18 Å². The van der Waals surface area contributed by atoms with Crippen molar-refractivity contribution in [2.45, 2.75) is 52.8 Å². The fraction of sp³-hybridized carbons (Fsp3) is 0.444. The Morgan fingerprint density at radius 1 is 1.18 bits per heavy atom. The topological polar surface area (TPSA) is 67.8 Å². The second-order valence-corrected chi connectivity index (χ2v) is 8.23. The number of ether oxygens (including phenoxy) is 2. The predicted molar refractivity (Wildman–Crippen MR) is 136 cm³/mol. The van der Waals surface area contributed by atoms with Crippen molar-refractivity contribution in [2.75, 3.05) is 32.2 Å². The molecule has 0 aliphatic rings. The summed E-state index contributed by atoms with van der Waals surface area (Å²) >= 11 is 0. The molecule has 0 saturated carbocycles. The lowest BCUT2D eigenvalue weighted by molar-refractivity contribution is -0.138. The molecule has 11 heteroatoms. The van der Waals surface area contributed by atoms with Gasteiger partial charge in [-0.3, -0.25) is 4.79 Å². The van der Waals surface area contributed by atoms with Crippen LogP contribution in [-0.4, -0.2) is 54.1 Å². The Bertz CT molecular complexity index is 1210. The van der Waals surface area contributed by atoms with E-state index in [1.807, 2.05) is 13.8 Å². The van der Waals surface area contributed by atoms with Crippen LogP contribution in [0.1, 0.15) is 56.5 Å². The summed E-state index contributed by atoms with van der Waals surface area (Å²) < 4.78 is 63.2. The molecule has 0 aromatic carbocycles. The molecular formula is C27H32F4N4O3. The fourth-order valence-corrected chi connectivity index (χ4v) is 3.57. The predicted octanol–water partition coefficient (Wildman–Crippen LogP) is 5.72. The summed E-state index contributed by atoms with van der Waals surface area (Å²) in [5.41, 5.74) is -0.104. The molecule has 2 aromatic rings. The van der Waals surface area contributed by atoms with Gasteiger partial charge in [0.1, 0.15) is 18.2 Å². The van der Waals surface area contributed by atoms with Gasteiger partial charge in [-0.15, -0.1) is 0 Å². The molecule has 0 spiro atoms. The van der Waals surface area contributed by atoms with Gasteiger partial charge >= 0.3 is 6.18 Å². The SMILES string of the molecule is CCC#C/C=C(/CC)N(C)c1ncc(OC)cc1C(=O)N(CC)C(C)COc1ncc(C(F)(F)F)cc1F. The third-order valence-electron chi connectivity index (χ3n) is 5.67. The number of methoxy groups -OCH3 is 1. The highest BCUT2D eigenvalue weighted by atomic mass is 19.4. The number of pyridine rings is 2. The first-order valence-corrected chi connectivity index (χ1v) is 12.1. The van der Waals surface area contributed by atoms with E-state index < -0.39 is 29.5 Å². The number of alkyl halides is 3. The van der Waals surface area contributed by atoms with E-state index in [2.05, 4.69) is 21.8 Å². The Balaban J connectivity index is 2.33. The summed E-state index contributed by atoms with van der Waals surface area (Å²) in [6.45, 7) is 7.42. The molecule has 38 heavy (non-hydrogen) atoms. The molecule has 0 aliphatic carbocycles. The highest BCUT2D eigenvalue weighted by Gasteiger charge is 2.32. The average Bonchev–Trinajstić information content (AvgIpc) is 2.89. The number of amides is 1. The van der Waals surface area contributed by atoms with E-state index in [4.69, 9.17) is 9.47 Å². The van der Waals surface area contributed by atoms with Gasteiger partial charge in [-0.25, -0.2) is 14.4 Å². The van der Waals surface area contributed by atoms with E-state index >= 15 is 0 Å². The molecule has 2 aromatic heterocycles. The number of nitrogens with zero attached hydrogens (tertiary/aromatic N) is 4. The van der Waals surface area contributed by atoms with E-state index in [9.17, 15) is 22.4 Å². The molecular weight excluding hydrogens is 504 g/mol. The number of hydrogen-bond donors (Lipinski definition) is 0. The normalized spacial score (nSPS) is 12.3. The first-order valence-electron chi connectivity index (χ1n) is 12.1. The first-order chi connectivity index (χ1) is 18.0. The summed E-state index contributed by atoms with van der Waals surface area (Å²) in [5, 5.41) is 0. The second kappa shape index (κ2) is 13.7. The number of rotatable bonds is 10. The number of aromatic nitrogens is 2. The smallest absolute Gasteiger partial charge is 0.417 e. The fourth-order valence-electron chi connectivity index (χ4n) is 3.57. The van der Waals surface area contributed by atoms with Gasteiger partial charge in [0.05, 0.1) is 30.5 Å². The molecule has 0 aliphatic heterocycles. The zero-order valence-electron chi connectivity index (χ0n) is 22.3. The van der Waals surface area contributed by atoms with Crippen LogP contribution in [0.25, 0.3) is 0 Å². The Hall–Kier alpha value is -3.81. The largest absolute Gasteiger partial charge is 0.495 e. The number of halogens is 4. The van der Waals surface area contributed by atoms with Crippen molar-refractivity contribution in [1.82, 2.24) is 14.9 Å². The molecule has 0 fully saturated rings. The van der Waals surface area contributed by atoms with Gasteiger partial charge in [-0.05, 0) is 32.4 Å². The molecule has 0 bridgehead atoms. The highest BCUT2D eigenvalue weighted by Crippen LogP contribution is 2.31. The molecule has 0 saturated heterocycles. The zero-order chi connectivity index (χ0) is 28.5. The van der Waals surface area contributed by atoms with Crippen molar-refractivity contribution < 1.29 is 31.8 Å². The summed E-state index contributed by atoms with van der Waals surface area (Å²) in [6, 6.07) is 1.32. The molecule has 0 N–H and O–H groups in total. The van der Waals surface area contributed by atoms with E-state index in [-0.39, 0.29) is 24.6 Å². The maximum Gasteiger partial charge on any atom is 0.417 e. The quantitative estimate of drug-likeness (QED) is 0.286. The summed E-state index contributed by atoms with van der Waals surface area (Å²) in [5.74, 6) is 4.55. The van der Waals surface area contributed by atoms with Crippen molar-refractivity contribution in [3.8, 4) is 23.5 Å². The van der Waals surface area contributed by atoms with Gasteiger partial charge in [0.2, 0.25) is 5.88 Å². The van der Waals surface area contributed by atoms with Crippen LogP contribution in [0.15, 0.2) is 36.3 Å². The monoisotopic (exact) mass is 536 g/mol.